The fourth-order valence-corrected chi connectivity index (χ4v) is 4.36. The van der Waals surface area contributed by atoms with Gasteiger partial charge in [0.05, 0.1) is 4.90 Å². The van der Waals surface area contributed by atoms with Crippen LogP contribution in [0, 0.1) is 13.8 Å². The van der Waals surface area contributed by atoms with E-state index in [1.54, 1.807) is 13.0 Å². The maximum Gasteiger partial charge on any atom is 0.354 e. The van der Waals surface area contributed by atoms with Gasteiger partial charge in [0.25, 0.3) is 0 Å². The first-order valence-corrected chi connectivity index (χ1v) is 8.34. The van der Waals surface area contributed by atoms with Crippen LogP contribution in [0.25, 0.3) is 0 Å². The number of aromatic nitrogens is 1. The molecule has 21 heavy (non-hydrogen) atoms. The van der Waals surface area contributed by atoms with E-state index in [9.17, 15) is 13.2 Å². The van der Waals surface area contributed by atoms with Crippen molar-refractivity contribution >= 4 is 27.3 Å². The van der Waals surface area contributed by atoms with Crippen molar-refractivity contribution in [1.29, 1.82) is 0 Å². The highest BCUT2D eigenvalue weighted by atomic mass is 32.2. The number of hydrogen-bond donors (Lipinski definition) is 2. The summed E-state index contributed by atoms with van der Waals surface area (Å²) in [6, 6.07) is 4.50. The largest absolute Gasteiger partial charge is 0.477 e. The summed E-state index contributed by atoms with van der Waals surface area (Å²) in [5, 5.41) is 8.74. The van der Waals surface area contributed by atoms with Gasteiger partial charge in [-0.05, 0) is 31.5 Å². The standard InChI is InChI=1S/C13H14N2O4S2/c1-8-5-12(9(2)20-8)21(18,19)15-7-10-3-4-11(13(16)17)14-6-10/h3-6,15H,7H2,1-2H3,(H,16,17). The smallest absolute Gasteiger partial charge is 0.354 e. The lowest BCUT2D eigenvalue weighted by Gasteiger charge is -2.06. The van der Waals surface area contributed by atoms with E-state index in [2.05, 4.69) is 9.71 Å². The molecule has 0 amide bonds. The number of aromatic carboxylic acids is 1. The number of carbonyl (C=O) groups is 1. The van der Waals surface area contributed by atoms with Crippen LogP contribution in [0.5, 0.6) is 0 Å². The number of thiophene rings is 1. The molecule has 0 atom stereocenters. The Morgan fingerprint density at radius 1 is 1.38 bits per heavy atom. The first-order valence-electron chi connectivity index (χ1n) is 6.04. The molecule has 0 aliphatic rings. The third-order valence-corrected chi connectivity index (χ3v) is 5.42. The average molecular weight is 326 g/mol. The molecule has 0 saturated carbocycles. The second kappa shape index (κ2) is 5.92. The summed E-state index contributed by atoms with van der Waals surface area (Å²) >= 11 is 1.43. The Balaban J connectivity index is 2.11. The van der Waals surface area contributed by atoms with Gasteiger partial charge in [-0.15, -0.1) is 11.3 Å². The van der Waals surface area contributed by atoms with Gasteiger partial charge in [0, 0.05) is 22.5 Å². The van der Waals surface area contributed by atoms with Crippen LogP contribution in [0.4, 0.5) is 0 Å². The van der Waals surface area contributed by atoms with Crippen LogP contribution in [-0.4, -0.2) is 24.5 Å². The zero-order chi connectivity index (χ0) is 15.6. The minimum Gasteiger partial charge on any atom is -0.477 e. The zero-order valence-corrected chi connectivity index (χ0v) is 13.1. The van der Waals surface area contributed by atoms with Crippen molar-refractivity contribution < 1.29 is 18.3 Å². The summed E-state index contributed by atoms with van der Waals surface area (Å²) in [6.45, 7) is 3.67. The van der Waals surface area contributed by atoms with E-state index in [4.69, 9.17) is 5.11 Å². The van der Waals surface area contributed by atoms with Crippen LogP contribution in [0.15, 0.2) is 29.3 Å². The van der Waals surface area contributed by atoms with Gasteiger partial charge in [-0.2, -0.15) is 0 Å². The van der Waals surface area contributed by atoms with Crippen molar-refractivity contribution in [1.82, 2.24) is 9.71 Å². The second-order valence-electron chi connectivity index (χ2n) is 4.46. The minimum absolute atomic E-state index is 0.0591. The molecule has 0 aromatic carbocycles. The van der Waals surface area contributed by atoms with Crippen molar-refractivity contribution in [3.63, 3.8) is 0 Å². The molecule has 0 unspecified atom stereocenters. The van der Waals surface area contributed by atoms with Gasteiger partial charge >= 0.3 is 5.97 Å². The van der Waals surface area contributed by atoms with Gasteiger partial charge in [-0.25, -0.2) is 22.9 Å². The summed E-state index contributed by atoms with van der Waals surface area (Å²) in [5.41, 5.74) is 0.513. The third-order valence-electron chi connectivity index (χ3n) is 2.80. The number of aryl methyl sites for hydroxylation is 2. The van der Waals surface area contributed by atoms with Crippen molar-refractivity contribution in [3.8, 4) is 0 Å². The van der Waals surface area contributed by atoms with Crippen molar-refractivity contribution in [2.75, 3.05) is 0 Å². The number of nitrogens with zero attached hydrogens (tertiary/aromatic N) is 1. The molecule has 2 N–H and O–H groups in total. The first-order chi connectivity index (χ1) is 9.79. The predicted molar refractivity (Wildman–Crippen MR) is 79.0 cm³/mol. The van der Waals surface area contributed by atoms with E-state index in [0.29, 0.717) is 5.56 Å². The Labute approximate surface area is 126 Å². The molecular formula is C13H14N2O4S2. The van der Waals surface area contributed by atoms with Gasteiger partial charge in [0.2, 0.25) is 10.0 Å². The average Bonchev–Trinajstić information content (AvgIpc) is 2.77. The van der Waals surface area contributed by atoms with Crippen molar-refractivity contribution in [3.05, 3.63) is 45.4 Å². The van der Waals surface area contributed by atoms with Crippen LogP contribution in [0.1, 0.15) is 25.8 Å². The highest BCUT2D eigenvalue weighted by molar-refractivity contribution is 7.89. The normalized spacial score (nSPS) is 11.5. The third kappa shape index (κ3) is 3.66. The van der Waals surface area contributed by atoms with Crippen LogP contribution in [0.2, 0.25) is 0 Å². The van der Waals surface area contributed by atoms with Crippen LogP contribution in [-0.2, 0) is 16.6 Å². The highest BCUT2D eigenvalue weighted by Crippen LogP contribution is 2.24. The molecule has 112 valence electrons. The minimum atomic E-state index is -3.58. The lowest BCUT2D eigenvalue weighted by atomic mass is 10.2. The zero-order valence-electron chi connectivity index (χ0n) is 11.5. The molecule has 2 aromatic rings. The Morgan fingerprint density at radius 2 is 2.10 bits per heavy atom. The number of pyridine rings is 1. The molecule has 2 heterocycles. The maximum atomic E-state index is 12.2. The fourth-order valence-electron chi connectivity index (χ4n) is 1.79. The monoisotopic (exact) mass is 326 g/mol. The van der Waals surface area contributed by atoms with E-state index >= 15 is 0 Å². The molecule has 0 bridgehead atoms. The number of sulfonamides is 1. The molecule has 0 spiro atoms. The molecule has 2 rings (SSSR count). The topological polar surface area (TPSA) is 96.4 Å². The van der Waals surface area contributed by atoms with Gasteiger partial charge < -0.3 is 5.11 Å². The molecule has 0 aliphatic heterocycles. The van der Waals surface area contributed by atoms with E-state index in [-0.39, 0.29) is 17.1 Å². The highest BCUT2D eigenvalue weighted by Gasteiger charge is 2.18. The first kappa shape index (κ1) is 15.6. The molecule has 0 aliphatic carbocycles. The number of nitrogens with one attached hydrogen (secondary N) is 1. The summed E-state index contributed by atoms with van der Waals surface area (Å²) in [7, 11) is -3.58. The van der Waals surface area contributed by atoms with Crippen LogP contribution >= 0.6 is 11.3 Å². The Morgan fingerprint density at radius 3 is 2.57 bits per heavy atom. The lowest BCUT2D eigenvalue weighted by molar-refractivity contribution is 0.0690. The number of carboxylic acid groups (broad SMARTS) is 1. The van der Waals surface area contributed by atoms with E-state index < -0.39 is 16.0 Å². The summed E-state index contributed by atoms with van der Waals surface area (Å²) < 4.78 is 26.9. The molecule has 6 nitrogen and oxygen atoms in total. The van der Waals surface area contributed by atoms with Crippen LogP contribution < -0.4 is 4.72 Å². The number of carboxylic acids is 1. The van der Waals surface area contributed by atoms with Crippen molar-refractivity contribution in [2.24, 2.45) is 0 Å². The van der Waals surface area contributed by atoms with Gasteiger partial charge in [-0.1, -0.05) is 6.07 Å². The van der Waals surface area contributed by atoms with E-state index in [1.165, 1.54) is 29.7 Å². The Hall–Kier alpha value is -1.77. The fraction of sp³-hybridized carbons (Fsp3) is 0.231. The lowest BCUT2D eigenvalue weighted by Crippen LogP contribution is -2.23. The quantitative estimate of drug-likeness (QED) is 0.875. The van der Waals surface area contributed by atoms with Crippen molar-refractivity contribution in [2.45, 2.75) is 25.3 Å². The van der Waals surface area contributed by atoms with E-state index in [1.807, 2.05) is 6.92 Å². The van der Waals surface area contributed by atoms with Gasteiger partial charge in [0.15, 0.2) is 0 Å². The van der Waals surface area contributed by atoms with E-state index in [0.717, 1.165) is 9.75 Å². The molecule has 0 fully saturated rings. The summed E-state index contributed by atoms with van der Waals surface area (Å²) in [5.74, 6) is -1.12. The molecule has 2 aromatic heterocycles. The Bertz CT molecular complexity index is 764. The molecule has 0 radical (unpaired) electrons. The van der Waals surface area contributed by atoms with Gasteiger partial charge in [0.1, 0.15) is 5.69 Å². The Kier molecular flexibility index (Phi) is 4.40. The second-order valence-corrected chi connectivity index (χ2v) is 7.65. The SMILES string of the molecule is Cc1cc(S(=O)(=O)NCc2ccc(C(=O)O)nc2)c(C)s1. The predicted octanol–water partition coefficient (Wildman–Crippen LogP) is 1.94. The summed E-state index contributed by atoms with van der Waals surface area (Å²) in [6.07, 6.45) is 1.34. The summed E-state index contributed by atoms with van der Waals surface area (Å²) in [4.78, 5) is 16.4. The molecular weight excluding hydrogens is 312 g/mol. The number of hydrogen-bond acceptors (Lipinski definition) is 5. The molecule has 8 heteroatoms. The maximum absolute atomic E-state index is 12.2. The van der Waals surface area contributed by atoms with Gasteiger partial charge in [-0.3, -0.25) is 0 Å². The number of rotatable bonds is 5. The molecule has 0 saturated heterocycles. The van der Waals surface area contributed by atoms with Crippen LogP contribution in [0.3, 0.4) is 0 Å².